The Morgan fingerprint density at radius 2 is 1.93 bits per heavy atom. The smallest absolute Gasteiger partial charge is 0.274 e. The number of halogens is 1. The second-order valence-electron chi connectivity index (χ2n) is 7.37. The molecular formula is C23H22ClN5O. The van der Waals surface area contributed by atoms with Crippen LogP contribution in [-0.2, 0) is 0 Å². The maximum Gasteiger partial charge on any atom is 0.274 e. The normalized spacial score (nSPS) is 16.3. The maximum absolute atomic E-state index is 13.2. The number of carbonyl (C=O) groups is 1. The molecule has 1 unspecified atom stereocenters. The van der Waals surface area contributed by atoms with Gasteiger partial charge >= 0.3 is 0 Å². The zero-order valence-electron chi connectivity index (χ0n) is 16.7. The lowest BCUT2D eigenvalue weighted by Crippen LogP contribution is -2.47. The lowest BCUT2D eigenvalue weighted by Gasteiger charge is -2.32. The van der Waals surface area contributed by atoms with E-state index in [1.165, 1.54) is 0 Å². The van der Waals surface area contributed by atoms with Crippen molar-refractivity contribution >= 4 is 17.5 Å². The average molecular weight is 420 g/mol. The molecule has 30 heavy (non-hydrogen) atoms. The molecule has 0 radical (unpaired) electrons. The minimum absolute atomic E-state index is 0.0717. The number of likely N-dealkylation sites (tertiary alicyclic amines) is 1. The van der Waals surface area contributed by atoms with E-state index in [4.69, 9.17) is 16.9 Å². The molecule has 0 bridgehead atoms. The molecule has 0 saturated carbocycles. The summed E-state index contributed by atoms with van der Waals surface area (Å²) in [5.74, 6) is -0.0717. The van der Waals surface area contributed by atoms with E-state index in [1.807, 2.05) is 42.3 Å². The van der Waals surface area contributed by atoms with Crippen LogP contribution < -0.4 is 5.32 Å². The summed E-state index contributed by atoms with van der Waals surface area (Å²) in [5.41, 5.74) is 3.46. The number of benzene rings is 2. The second-order valence-corrected chi connectivity index (χ2v) is 7.81. The molecule has 1 fully saturated rings. The second kappa shape index (κ2) is 8.70. The van der Waals surface area contributed by atoms with Gasteiger partial charge < -0.3 is 10.2 Å². The van der Waals surface area contributed by atoms with Crippen molar-refractivity contribution in [1.82, 2.24) is 20.0 Å². The summed E-state index contributed by atoms with van der Waals surface area (Å²) in [7, 11) is 1.93. The Labute approximate surface area is 180 Å². The molecule has 2 heterocycles. The fourth-order valence-corrected chi connectivity index (χ4v) is 3.87. The molecule has 1 saturated heterocycles. The van der Waals surface area contributed by atoms with E-state index in [0.717, 1.165) is 36.3 Å². The molecule has 2 aromatic carbocycles. The molecule has 152 valence electrons. The third kappa shape index (κ3) is 4.09. The average Bonchev–Trinajstić information content (AvgIpc) is 3.24. The first-order valence-electron chi connectivity index (χ1n) is 9.92. The predicted octanol–water partition coefficient (Wildman–Crippen LogP) is 3.89. The van der Waals surface area contributed by atoms with Crippen molar-refractivity contribution in [2.75, 3.05) is 20.1 Å². The third-order valence-corrected chi connectivity index (χ3v) is 5.68. The molecule has 1 N–H and O–H groups in total. The molecule has 1 aliphatic rings. The van der Waals surface area contributed by atoms with Crippen LogP contribution >= 0.6 is 11.6 Å². The number of hydrogen-bond acceptors (Lipinski definition) is 4. The highest BCUT2D eigenvalue weighted by atomic mass is 35.5. The molecule has 1 aliphatic heterocycles. The number of likely N-dealkylation sites (N-methyl/N-ethyl adjacent to an activating group) is 1. The molecule has 3 aromatic rings. The summed E-state index contributed by atoms with van der Waals surface area (Å²) in [6.45, 7) is 1.41. The molecular weight excluding hydrogens is 398 g/mol. The Hall–Kier alpha value is -3.14. The maximum atomic E-state index is 13.2. The number of amides is 1. The van der Waals surface area contributed by atoms with Crippen molar-refractivity contribution in [3.05, 3.63) is 70.9 Å². The first-order valence-corrected chi connectivity index (χ1v) is 10.3. The molecule has 6 nitrogen and oxygen atoms in total. The van der Waals surface area contributed by atoms with Crippen LogP contribution in [0.2, 0.25) is 5.02 Å². The van der Waals surface area contributed by atoms with Crippen LogP contribution in [-0.4, -0.2) is 46.8 Å². The Balaban J connectivity index is 1.74. The minimum Gasteiger partial charge on any atom is -0.336 e. The highest BCUT2D eigenvalue weighted by molar-refractivity contribution is 6.30. The number of aromatic nitrogens is 2. The van der Waals surface area contributed by atoms with Crippen molar-refractivity contribution in [3.63, 3.8) is 0 Å². The van der Waals surface area contributed by atoms with Crippen LogP contribution in [0.5, 0.6) is 0 Å². The lowest BCUT2D eigenvalue weighted by atomic mass is 10.1. The van der Waals surface area contributed by atoms with Gasteiger partial charge in [0.05, 0.1) is 23.0 Å². The van der Waals surface area contributed by atoms with Gasteiger partial charge in [-0.05, 0) is 62.4 Å². The number of nitrogens with zero attached hydrogens (tertiary/aromatic N) is 4. The summed E-state index contributed by atoms with van der Waals surface area (Å²) in [5, 5.41) is 17.6. The summed E-state index contributed by atoms with van der Waals surface area (Å²) in [6.07, 6.45) is 2.04. The zero-order chi connectivity index (χ0) is 21.1. The molecule has 0 aliphatic carbocycles. The van der Waals surface area contributed by atoms with Gasteiger partial charge in [0.15, 0.2) is 5.69 Å². The van der Waals surface area contributed by atoms with Crippen LogP contribution in [0.3, 0.4) is 0 Å². The predicted molar refractivity (Wildman–Crippen MR) is 117 cm³/mol. The number of hydrogen-bond donors (Lipinski definition) is 1. The standard InChI is InChI=1S/C23H22ClN5O/c1-26-19-3-2-12-28(15-19)23(30)21-13-22(17-6-4-16(14-25)5-7-17)29(27-21)20-10-8-18(24)9-11-20/h4-11,13,19,26H,2-3,12,15H2,1H3. The molecule has 1 aromatic heterocycles. The zero-order valence-corrected chi connectivity index (χ0v) is 17.4. The molecule has 1 amide bonds. The summed E-state index contributed by atoms with van der Waals surface area (Å²) in [4.78, 5) is 15.1. The van der Waals surface area contributed by atoms with Crippen molar-refractivity contribution in [2.45, 2.75) is 18.9 Å². The molecule has 0 spiro atoms. The van der Waals surface area contributed by atoms with Gasteiger partial charge in [-0.3, -0.25) is 4.79 Å². The third-order valence-electron chi connectivity index (χ3n) is 5.43. The van der Waals surface area contributed by atoms with Gasteiger partial charge in [0.1, 0.15) is 0 Å². The van der Waals surface area contributed by atoms with Crippen LogP contribution in [0.25, 0.3) is 16.9 Å². The van der Waals surface area contributed by atoms with Gasteiger partial charge in [-0.1, -0.05) is 23.7 Å². The molecule has 1 atom stereocenters. The number of piperidine rings is 1. The van der Waals surface area contributed by atoms with Crippen LogP contribution in [0.4, 0.5) is 0 Å². The highest BCUT2D eigenvalue weighted by Crippen LogP contribution is 2.26. The van der Waals surface area contributed by atoms with E-state index >= 15 is 0 Å². The van der Waals surface area contributed by atoms with E-state index in [9.17, 15) is 4.79 Å². The van der Waals surface area contributed by atoms with Crippen molar-refractivity contribution in [1.29, 1.82) is 5.26 Å². The summed E-state index contributed by atoms with van der Waals surface area (Å²) >= 11 is 6.05. The largest absolute Gasteiger partial charge is 0.336 e. The Morgan fingerprint density at radius 1 is 1.20 bits per heavy atom. The van der Waals surface area contributed by atoms with Crippen LogP contribution in [0.1, 0.15) is 28.9 Å². The van der Waals surface area contributed by atoms with Crippen molar-refractivity contribution in [2.24, 2.45) is 0 Å². The van der Waals surface area contributed by atoms with E-state index in [-0.39, 0.29) is 5.91 Å². The number of rotatable bonds is 4. The van der Waals surface area contributed by atoms with E-state index in [1.54, 1.807) is 28.9 Å². The summed E-state index contributed by atoms with van der Waals surface area (Å²) in [6, 6.07) is 18.9. The highest BCUT2D eigenvalue weighted by Gasteiger charge is 2.26. The van der Waals surface area contributed by atoms with Gasteiger partial charge in [0.2, 0.25) is 0 Å². The first kappa shape index (κ1) is 20.1. The van der Waals surface area contributed by atoms with Gasteiger partial charge in [-0.15, -0.1) is 0 Å². The Bertz CT molecular complexity index is 1080. The van der Waals surface area contributed by atoms with Crippen LogP contribution in [0, 0.1) is 11.3 Å². The molecule has 4 rings (SSSR count). The Kier molecular flexibility index (Phi) is 5.84. The summed E-state index contributed by atoms with van der Waals surface area (Å²) < 4.78 is 1.75. The topological polar surface area (TPSA) is 74.0 Å². The Morgan fingerprint density at radius 3 is 2.60 bits per heavy atom. The fraction of sp³-hybridized carbons (Fsp3) is 0.261. The monoisotopic (exact) mass is 419 g/mol. The number of nitrogens with one attached hydrogen (secondary N) is 1. The number of nitriles is 1. The van der Waals surface area contributed by atoms with E-state index in [2.05, 4.69) is 16.5 Å². The van der Waals surface area contributed by atoms with Gasteiger partial charge in [0, 0.05) is 29.7 Å². The van der Waals surface area contributed by atoms with Crippen LogP contribution in [0.15, 0.2) is 54.6 Å². The van der Waals surface area contributed by atoms with Gasteiger partial charge in [0.25, 0.3) is 5.91 Å². The van der Waals surface area contributed by atoms with E-state index < -0.39 is 0 Å². The lowest BCUT2D eigenvalue weighted by molar-refractivity contribution is 0.0691. The van der Waals surface area contributed by atoms with Crippen molar-refractivity contribution < 1.29 is 4.79 Å². The van der Waals surface area contributed by atoms with Gasteiger partial charge in [-0.2, -0.15) is 10.4 Å². The fourth-order valence-electron chi connectivity index (χ4n) is 3.75. The SMILES string of the molecule is CNC1CCCN(C(=O)c2cc(-c3ccc(C#N)cc3)n(-c3ccc(Cl)cc3)n2)C1. The van der Waals surface area contributed by atoms with E-state index in [0.29, 0.717) is 28.9 Å². The minimum atomic E-state index is -0.0717. The first-order chi connectivity index (χ1) is 14.6. The molecule has 7 heteroatoms. The number of carbonyl (C=O) groups excluding carboxylic acids is 1. The quantitative estimate of drug-likeness (QED) is 0.696. The van der Waals surface area contributed by atoms with Gasteiger partial charge in [-0.25, -0.2) is 4.68 Å². The van der Waals surface area contributed by atoms with Crippen molar-refractivity contribution in [3.8, 4) is 23.0 Å².